The van der Waals surface area contributed by atoms with Crippen LogP contribution in [-0.4, -0.2) is 0 Å². The highest BCUT2D eigenvalue weighted by Crippen LogP contribution is 2.25. The molecule has 0 atom stereocenters. The zero-order valence-electron chi connectivity index (χ0n) is 6.24. The molecule has 1 aromatic rings. The summed E-state index contributed by atoms with van der Waals surface area (Å²) in [6.45, 7) is 0. The highest BCUT2D eigenvalue weighted by molar-refractivity contribution is 9.10. The summed E-state index contributed by atoms with van der Waals surface area (Å²) >= 11 is 3.38. The van der Waals surface area contributed by atoms with E-state index in [1.807, 2.05) is 24.3 Å². The molecule has 1 aliphatic rings. The lowest BCUT2D eigenvalue weighted by Crippen LogP contribution is -1.96. The zero-order valence-corrected chi connectivity index (χ0v) is 7.82. The number of ether oxygens (including phenoxy) is 2. The van der Waals surface area contributed by atoms with Crippen molar-refractivity contribution in [2.24, 2.45) is 0 Å². The van der Waals surface area contributed by atoms with Crippen LogP contribution in [0.15, 0.2) is 41.3 Å². The van der Waals surface area contributed by atoms with Gasteiger partial charge in [-0.2, -0.15) is 0 Å². The molecule has 0 radical (unpaired) electrons. The molecule has 2 rings (SSSR count). The van der Waals surface area contributed by atoms with E-state index in [1.165, 1.54) is 0 Å². The van der Waals surface area contributed by atoms with Gasteiger partial charge in [-0.1, -0.05) is 28.1 Å². The molecule has 0 aliphatic carbocycles. The van der Waals surface area contributed by atoms with Crippen LogP contribution in [0.25, 0.3) is 0 Å². The smallest absolute Gasteiger partial charge is 0.266 e. The van der Waals surface area contributed by atoms with Gasteiger partial charge in [0.25, 0.3) is 6.29 Å². The Labute approximate surface area is 78.9 Å². The van der Waals surface area contributed by atoms with Crippen LogP contribution >= 0.6 is 15.9 Å². The Balaban J connectivity index is 2.22. The minimum Gasteiger partial charge on any atom is -0.455 e. The fraction of sp³-hybridized carbons (Fsp3) is 0.111. The lowest BCUT2D eigenvalue weighted by atomic mass is 10.2. The van der Waals surface area contributed by atoms with Crippen molar-refractivity contribution in [3.05, 3.63) is 46.8 Å². The number of halogens is 1. The second-order valence-electron chi connectivity index (χ2n) is 2.43. The van der Waals surface area contributed by atoms with Gasteiger partial charge in [0, 0.05) is 10.0 Å². The van der Waals surface area contributed by atoms with Crippen LogP contribution in [0, 0.1) is 0 Å². The molecule has 0 bridgehead atoms. The molecule has 0 saturated heterocycles. The van der Waals surface area contributed by atoms with Crippen molar-refractivity contribution in [3.63, 3.8) is 0 Å². The number of hydrogen-bond donors (Lipinski definition) is 0. The minimum absolute atomic E-state index is 0.275. The van der Waals surface area contributed by atoms with Crippen LogP contribution in [0.4, 0.5) is 0 Å². The van der Waals surface area contributed by atoms with E-state index in [4.69, 9.17) is 9.47 Å². The van der Waals surface area contributed by atoms with E-state index in [9.17, 15) is 0 Å². The Hall–Kier alpha value is -0.960. The van der Waals surface area contributed by atoms with Gasteiger partial charge in [0.15, 0.2) is 0 Å². The predicted octanol–water partition coefficient (Wildman–Crippen LogP) is 2.97. The topological polar surface area (TPSA) is 18.5 Å². The fourth-order valence-corrected chi connectivity index (χ4v) is 1.47. The monoisotopic (exact) mass is 226 g/mol. The number of rotatable bonds is 1. The molecule has 0 N–H and O–H groups in total. The van der Waals surface area contributed by atoms with Crippen molar-refractivity contribution < 1.29 is 9.47 Å². The average Bonchev–Trinajstić information content (AvgIpc) is 2.56. The third kappa shape index (κ3) is 1.46. The van der Waals surface area contributed by atoms with Crippen LogP contribution in [0.5, 0.6) is 0 Å². The van der Waals surface area contributed by atoms with Crippen LogP contribution in [-0.2, 0) is 9.47 Å². The minimum atomic E-state index is -0.275. The summed E-state index contributed by atoms with van der Waals surface area (Å²) in [6, 6.07) is 7.84. The van der Waals surface area contributed by atoms with Crippen LogP contribution in [0.2, 0.25) is 0 Å². The SMILES string of the molecule is Brc1cccc(C2OC=CO2)c1. The van der Waals surface area contributed by atoms with Gasteiger partial charge in [0.05, 0.1) is 0 Å². The molecule has 3 heteroatoms. The number of hydrogen-bond acceptors (Lipinski definition) is 2. The predicted molar refractivity (Wildman–Crippen MR) is 48.2 cm³/mol. The van der Waals surface area contributed by atoms with Crippen molar-refractivity contribution in [1.29, 1.82) is 0 Å². The molecule has 12 heavy (non-hydrogen) atoms. The summed E-state index contributed by atoms with van der Waals surface area (Å²) in [5.74, 6) is 0. The van der Waals surface area contributed by atoms with Gasteiger partial charge in [0.2, 0.25) is 0 Å². The maximum absolute atomic E-state index is 5.17. The molecule has 0 spiro atoms. The molecule has 2 nitrogen and oxygen atoms in total. The number of benzene rings is 1. The standard InChI is InChI=1S/C9H7BrO2/c10-8-3-1-2-7(6-8)9-11-4-5-12-9/h1-6,9H. The molecule has 1 aliphatic heterocycles. The second kappa shape index (κ2) is 3.19. The Bertz CT molecular complexity index is 301. The maximum Gasteiger partial charge on any atom is 0.266 e. The van der Waals surface area contributed by atoms with E-state index >= 15 is 0 Å². The first-order chi connectivity index (χ1) is 5.86. The summed E-state index contributed by atoms with van der Waals surface area (Å²) in [5.41, 5.74) is 1.01. The molecule has 0 saturated carbocycles. The fourth-order valence-electron chi connectivity index (χ4n) is 1.05. The molecule has 0 amide bonds. The van der Waals surface area contributed by atoms with Crippen molar-refractivity contribution in [3.8, 4) is 0 Å². The maximum atomic E-state index is 5.17. The summed E-state index contributed by atoms with van der Waals surface area (Å²) in [6.07, 6.45) is 2.82. The Morgan fingerprint density at radius 1 is 1.17 bits per heavy atom. The quantitative estimate of drug-likeness (QED) is 0.734. The molecule has 1 aromatic carbocycles. The van der Waals surface area contributed by atoms with Gasteiger partial charge in [0.1, 0.15) is 12.5 Å². The summed E-state index contributed by atoms with van der Waals surface area (Å²) < 4.78 is 11.4. The highest BCUT2D eigenvalue weighted by Gasteiger charge is 2.14. The zero-order chi connectivity index (χ0) is 8.39. The molecular formula is C9H7BrO2. The Kier molecular flexibility index (Phi) is 2.04. The molecule has 1 heterocycles. The van der Waals surface area contributed by atoms with Gasteiger partial charge in [-0.05, 0) is 12.1 Å². The van der Waals surface area contributed by atoms with Crippen LogP contribution in [0.3, 0.4) is 0 Å². The van der Waals surface area contributed by atoms with Gasteiger partial charge in [-0.25, -0.2) is 0 Å². The molecular weight excluding hydrogens is 220 g/mol. The van der Waals surface area contributed by atoms with E-state index in [2.05, 4.69) is 15.9 Å². The van der Waals surface area contributed by atoms with E-state index in [0.29, 0.717) is 0 Å². The summed E-state index contributed by atoms with van der Waals surface area (Å²) in [7, 11) is 0. The lowest BCUT2D eigenvalue weighted by molar-refractivity contribution is -0.0246. The molecule has 0 aromatic heterocycles. The van der Waals surface area contributed by atoms with Crippen LogP contribution < -0.4 is 0 Å². The first kappa shape index (κ1) is 7.68. The van der Waals surface area contributed by atoms with Gasteiger partial charge in [-0.3, -0.25) is 0 Å². The summed E-state index contributed by atoms with van der Waals surface area (Å²) in [4.78, 5) is 0. The average molecular weight is 227 g/mol. The normalized spacial score (nSPS) is 15.8. The van der Waals surface area contributed by atoms with Crippen molar-refractivity contribution in [2.45, 2.75) is 6.29 Å². The van der Waals surface area contributed by atoms with Crippen molar-refractivity contribution in [1.82, 2.24) is 0 Å². The lowest BCUT2D eigenvalue weighted by Gasteiger charge is -2.09. The van der Waals surface area contributed by atoms with Crippen molar-refractivity contribution in [2.75, 3.05) is 0 Å². The van der Waals surface area contributed by atoms with Gasteiger partial charge < -0.3 is 9.47 Å². The first-order valence-corrected chi connectivity index (χ1v) is 4.37. The highest BCUT2D eigenvalue weighted by atomic mass is 79.9. The molecule has 0 fully saturated rings. The largest absolute Gasteiger partial charge is 0.455 e. The van der Waals surface area contributed by atoms with Gasteiger partial charge in [-0.15, -0.1) is 0 Å². The van der Waals surface area contributed by atoms with Crippen molar-refractivity contribution >= 4 is 15.9 Å². The van der Waals surface area contributed by atoms with Crippen LogP contribution in [0.1, 0.15) is 11.9 Å². The third-order valence-electron chi connectivity index (χ3n) is 1.58. The summed E-state index contributed by atoms with van der Waals surface area (Å²) in [5, 5.41) is 0. The van der Waals surface area contributed by atoms with E-state index < -0.39 is 0 Å². The molecule has 62 valence electrons. The first-order valence-electron chi connectivity index (χ1n) is 3.58. The van der Waals surface area contributed by atoms with E-state index in [1.54, 1.807) is 12.5 Å². The van der Waals surface area contributed by atoms with E-state index in [0.717, 1.165) is 10.0 Å². The molecule has 0 unspecified atom stereocenters. The Morgan fingerprint density at radius 3 is 2.58 bits per heavy atom. The Morgan fingerprint density at radius 2 is 1.92 bits per heavy atom. The second-order valence-corrected chi connectivity index (χ2v) is 3.35. The van der Waals surface area contributed by atoms with E-state index in [-0.39, 0.29) is 6.29 Å². The van der Waals surface area contributed by atoms with Gasteiger partial charge >= 0.3 is 0 Å². The third-order valence-corrected chi connectivity index (χ3v) is 2.07.